The molecule has 0 aliphatic rings. The van der Waals surface area contributed by atoms with Gasteiger partial charge < -0.3 is 14.2 Å². The zero-order valence-corrected chi connectivity index (χ0v) is 9.35. The molecule has 0 amide bonds. The molecule has 0 aliphatic carbocycles. The van der Waals surface area contributed by atoms with E-state index in [1.807, 2.05) is 13.8 Å². The fraction of sp³-hybridized carbons (Fsp3) is 0.857. The Labute approximate surface area is 86.4 Å². The van der Waals surface area contributed by atoms with Crippen molar-refractivity contribution in [2.24, 2.45) is 0 Å². The van der Waals surface area contributed by atoms with E-state index in [0.717, 1.165) is 11.0 Å². The van der Waals surface area contributed by atoms with Crippen molar-refractivity contribution in [3.05, 3.63) is 0 Å². The smallest absolute Gasteiger partial charge is 0.419 e. The third kappa shape index (κ3) is 8.21. The lowest BCUT2D eigenvalue weighted by molar-refractivity contribution is -0.0671. The van der Waals surface area contributed by atoms with Crippen molar-refractivity contribution in [2.75, 3.05) is 6.79 Å². The number of hydrogen-bond donors (Lipinski definition) is 0. The first-order chi connectivity index (χ1) is 6.06. The van der Waals surface area contributed by atoms with Gasteiger partial charge in [-0.25, -0.2) is 4.79 Å². The molecule has 0 saturated carbocycles. The molecule has 0 radical (unpaired) electrons. The Balaban J connectivity index is 3.41. The molecule has 0 fully saturated rings. The topological polar surface area (TPSA) is 44.8 Å². The second kappa shape index (κ2) is 7.29. The zero-order chi connectivity index (χ0) is 10.3. The van der Waals surface area contributed by atoms with Crippen LogP contribution in [-0.2, 0) is 14.2 Å². The van der Waals surface area contributed by atoms with Gasteiger partial charge in [-0.1, -0.05) is 0 Å². The van der Waals surface area contributed by atoms with Gasteiger partial charge in [0.25, 0.3) is 0 Å². The second-order valence-electron chi connectivity index (χ2n) is 2.50. The Morgan fingerprint density at radius 2 is 2.08 bits per heavy atom. The van der Waals surface area contributed by atoms with Crippen molar-refractivity contribution in [3.8, 4) is 0 Å². The summed E-state index contributed by atoms with van der Waals surface area (Å²) in [6, 6.07) is 0. The lowest BCUT2D eigenvalue weighted by Gasteiger charge is -2.10. The van der Waals surface area contributed by atoms with Crippen LogP contribution in [0.2, 0.25) is 0 Å². The molecule has 1 unspecified atom stereocenters. The molecular weight excluding hydrogens is 216 g/mol. The summed E-state index contributed by atoms with van der Waals surface area (Å²) in [5, 5.41) is 0. The Hall–Kier alpha value is -0.130. The van der Waals surface area contributed by atoms with Crippen LogP contribution in [0.1, 0.15) is 20.8 Å². The number of rotatable bonds is 5. The van der Waals surface area contributed by atoms with Crippen LogP contribution in [-0.4, -0.2) is 24.5 Å². The highest BCUT2D eigenvalue weighted by Crippen LogP contribution is 2.16. The highest BCUT2D eigenvalue weighted by atomic mass is 35.7. The van der Waals surface area contributed by atoms with E-state index in [1.54, 1.807) is 6.92 Å². The molecule has 6 heteroatoms. The molecule has 0 spiro atoms. The van der Waals surface area contributed by atoms with Crippen LogP contribution < -0.4 is 0 Å². The Morgan fingerprint density at radius 3 is 2.54 bits per heavy atom. The summed E-state index contributed by atoms with van der Waals surface area (Å²) >= 11 is 0. The fourth-order valence-electron chi connectivity index (χ4n) is 0.406. The molecule has 0 aliphatic heterocycles. The zero-order valence-electron chi connectivity index (χ0n) is 7.78. The van der Waals surface area contributed by atoms with E-state index in [9.17, 15) is 4.79 Å². The van der Waals surface area contributed by atoms with Crippen LogP contribution in [0.5, 0.6) is 0 Å². The summed E-state index contributed by atoms with van der Waals surface area (Å²) in [7, 11) is 6.23. The summed E-state index contributed by atoms with van der Waals surface area (Å²) in [5.41, 5.74) is -0.423. The number of carbonyl (C=O) groups is 1. The maximum atomic E-state index is 10.8. The molecule has 0 saturated heterocycles. The van der Waals surface area contributed by atoms with E-state index in [-0.39, 0.29) is 12.9 Å². The third-order valence-electron chi connectivity index (χ3n) is 0.966. The van der Waals surface area contributed by atoms with Crippen molar-refractivity contribution in [1.29, 1.82) is 0 Å². The van der Waals surface area contributed by atoms with Crippen molar-refractivity contribution >= 4 is 27.8 Å². The summed E-state index contributed by atoms with van der Waals surface area (Å²) in [5.74, 6) is 0. The Kier molecular flexibility index (Phi) is 7.22. The lowest BCUT2D eigenvalue weighted by atomic mass is 10.5. The molecular formula is C7H13ClO4S. The molecule has 0 N–H and O–H groups in total. The highest BCUT2D eigenvalue weighted by molar-refractivity contribution is 8.21. The molecule has 0 aromatic carbocycles. The van der Waals surface area contributed by atoms with Crippen LogP contribution in [0, 0.1) is 0 Å². The van der Waals surface area contributed by atoms with Crippen molar-refractivity contribution in [3.63, 3.8) is 0 Å². The summed E-state index contributed by atoms with van der Waals surface area (Å²) in [6.07, 6.45) is -0.756. The number of halogens is 1. The normalized spacial score (nSPS) is 12.7. The van der Waals surface area contributed by atoms with Gasteiger partial charge in [0.2, 0.25) is 0 Å². The molecule has 0 bridgehead atoms. The van der Waals surface area contributed by atoms with Gasteiger partial charge in [-0.2, -0.15) is 0 Å². The van der Waals surface area contributed by atoms with E-state index in [4.69, 9.17) is 15.4 Å². The van der Waals surface area contributed by atoms with E-state index in [1.165, 1.54) is 0 Å². The van der Waals surface area contributed by atoms with Crippen LogP contribution in [0.25, 0.3) is 0 Å². The van der Waals surface area contributed by atoms with Crippen molar-refractivity contribution in [2.45, 2.75) is 32.3 Å². The molecule has 1 atom stereocenters. The average molecular weight is 229 g/mol. The quantitative estimate of drug-likeness (QED) is 0.535. The SMILES string of the molecule is CC(C)OCOC(=O)OC(C)SCl. The van der Waals surface area contributed by atoms with Gasteiger partial charge in [-0.15, -0.1) is 0 Å². The summed E-state index contributed by atoms with van der Waals surface area (Å²) < 4.78 is 14.2. The average Bonchev–Trinajstić information content (AvgIpc) is 2.03. The predicted molar refractivity (Wildman–Crippen MR) is 51.6 cm³/mol. The highest BCUT2D eigenvalue weighted by Gasteiger charge is 2.09. The van der Waals surface area contributed by atoms with E-state index in [0.29, 0.717) is 0 Å². The molecule has 4 nitrogen and oxygen atoms in total. The lowest BCUT2D eigenvalue weighted by Crippen LogP contribution is -2.16. The molecule has 0 rings (SSSR count). The number of ether oxygens (including phenoxy) is 3. The maximum Gasteiger partial charge on any atom is 0.511 e. The minimum atomic E-state index is -0.777. The monoisotopic (exact) mass is 228 g/mol. The van der Waals surface area contributed by atoms with Crippen LogP contribution >= 0.6 is 21.7 Å². The van der Waals surface area contributed by atoms with Crippen molar-refractivity contribution < 1.29 is 19.0 Å². The van der Waals surface area contributed by atoms with Crippen molar-refractivity contribution in [1.82, 2.24) is 0 Å². The third-order valence-corrected chi connectivity index (χ3v) is 2.07. The first-order valence-corrected chi connectivity index (χ1v) is 5.49. The van der Waals surface area contributed by atoms with Gasteiger partial charge in [-0.3, -0.25) is 0 Å². The van der Waals surface area contributed by atoms with Crippen LogP contribution in [0.15, 0.2) is 0 Å². The predicted octanol–water partition coefficient (Wildman–Crippen LogP) is 2.76. The van der Waals surface area contributed by atoms with Gasteiger partial charge in [0.1, 0.15) is 0 Å². The molecule has 0 aromatic heterocycles. The Bertz CT molecular complexity index is 153. The standard InChI is InChI=1S/C7H13ClO4S/c1-5(2)10-4-11-7(9)12-6(3)13-8/h5-6H,4H2,1-3H3. The van der Waals surface area contributed by atoms with Gasteiger partial charge in [-0.05, 0) is 42.4 Å². The minimum Gasteiger partial charge on any atom is -0.419 e. The number of carbonyl (C=O) groups excluding carboxylic acids is 1. The van der Waals surface area contributed by atoms with Gasteiger partial charge in [0.05, 0.1) is 6.10 Å². The van der Waals surface area contributed by atoms with Gasteiger partial charge in [0, 0.05) is 0 Å². The largest absolute Gasteiger partial charge is 0.511 e. The first-order valence-electron chi connectivity index (χ1n) is 3.78. The van der Waals surface area contributed by atoms with Crippen LogP contribution in [0.3, 0.4) is 0 Å². The molecule has 78 valence electrons. The molecule has 0 aromatic rings. The van der Waals surface area contributed by atoms with E-state index in [2.05, 4.69) is 9.47 Å². The second-order valence-corrected chi connectivity index (χ2v) is 3.88. The fourth-order valence-corrected chi connectivity index (χ4v) is 0.630. The Morgan fingerprint density at radius 1 is 1.46 bits per heavy atom. The summed E-state index contributed by atoms with van der Waals surface area (Å²) in [4.78, 5) is 10.8. The van der Waals surface area contributed by atoms with E-state index < -0.39 is 11.6 Å². The first kappa shape index (κ1) is 12.9. The van der Waals surface area contributed by atoms with Gasteiger partial charge >= 0.3 is 6.16 Å². The number of hydrogen-bond acceptors (Lipinski definition) is 5. The molecule has 13 heavy (non-hydrogen) atoms. The summed E-state index contributed by atoms with van der Waals surface area (Å²) in [6.45, 7) is 5.22. The molecule has 0 heterocycles. The minimum absolute atomic E-state index is 0.0209. The maximum absolute atomic E-state index is 10.8. The van der Waals surface area contributed by atoms with Crippen LogP contribution in [0.4, 0.5) is 4.79 Å². The van der Waals surface area contributed by atoms with Gasteiger partial charge in [0.15, 0.2) is 12.2 Å². The van der Waals surface area contributed by atoms with E-state index >= 15 is 0 Å².